The van der Waals surface area contributed by atoms with E-state index in [2.05, 4.69) is 5.32 Å². The first-order valence-corrected chi connectivity index (χ1v) is 15.6. The molecule has 3 N–H and O–H groups in total. The molecule has 0 spiro atoms. The van der Waals surface area contributed by atoms with Crippen molar-refractivity contribution in [2.24, 2.45) is 23.2 Å². The summed E-state index contributed by atoms with van der Waals surface area (Å²) >= 11 is 0. The lowest BCUT2D eigenvalue weighted by Crippen LogP contribution is -2.65. The third kappa shape index (κ3) is 4.71. The van der Waals surface area contributed by atoms with Crippen LogP contribution in [0.25, 0.3) is 0 Å². The van der Waals surface area contributed by atoms with Gasteiger partial charge in [0.2, 0.25) is 0 Å². The highest BCUT2D eigenvalue weighted by Gasteiger charge is 2.79. The average molecular weight is 646 g/mol. The monoisotopic (exact) mass is 645 g/mol. The van der Waals surface area contributed by atoms with Crippen molar-refractivity contribution in [2.45, 2.75) is 87.9 Å². The van der Waals surface area contributed by atoms with Crippen molar-refractivity contribution in [3.8, 4) is 0 Å². The summed E-state index contributed by atoms with van der Waals surface area (Å²) in [5, 5.41) is 23.9. The molecule has 6 rings (SSSR count). The Balaban J connectivity index is 1.39. The van der Waals surface area contributed by atoms with E-state index in [0.29, 0.717) is 24.8 Å². The number of nitrogens with one attached hydrogen (secondary N) is 1. The van der Waals surface area contributed by atoms with Gasteiger partial charge >= 0.3 is 18.1 Å². The molecule has 6 nitrogen and oxygen atoms in total. The van der Waals surface area contributed by atoms with Gasteiger partial charge in [-0.2, -0.15) is 22.0 Å². The standard InChI is InChI=1S/C35H36F5NO5/c1-31-18-25(19-6-8-20(9-7-19)29(43)41-32(2)15-4-3-5-27(32)30(44)45)28-23-13-11-22(42)17-21(23)10-12-24(28)26(31)14-16-33(31,46)34(36,37)35(38,39)40/h3-9,15,17,24-27,46H,10-14,16,18H2,1-2H3,(H,41,43)(H,44,45)/t24-,25+,26-,27?,31-,32?,33-/m0/s1. The number of amides is 1. The number of alkyl halides is 5. The van der Waals surface area contributed by atoms with Crippen molar-refractivity contribution >= 4 is 17.7 Å². The maximum atomic E-state index is 15.2. The average Bonchev–Trinajstić information content (AvgIpc) is 3.27. The van der Waals surface area contributed by atoms with Crippen LogP contribution in [0.1, 0.15) is 80.6 Å². The number of carboxylic acid groups (broad SMARTS) is 1. The number of hydrogen-bond acceptors (Lipinski definition) is 4. The van der Waals surface area contributed by atoms with Crippen LogP contribution >= 0.6 is 0 Å². The van der Waals surface area contributed by atoms with Crippen LogP contribution in [-0.4, -0.2) is 51.1 Å². The van der Waals surface area contributed by atoms with Gasteiger partial charge in [0, 0.05) is 23.3 Å². The Hall–Kier alpha value is -3.60. The molecule has 246 valence electrons. The van der Waals surface area contributed by atoms with Crippen LogP contribution in [0.3, 0.4) is 0 Å². The van der Waals surface area contributed by atoms with Crippen LogP contribution in [0.2, 0.25) is 0 Å². The summed E-state index contributed by atoms with van der Waals surface area (Å²) < 4.78 is 71.9. The van der Waals surface area contributed by atoms with E-state index in [1.165, 1.54) is 25.1 Å². The third-order valence-corrected chi connectivity index (χ3v) is 11.5. The van der Waals surface area contributed by atoms with Crippen LogP contribution in [0.5, 0.6) is 0 Å². The number of carboxylic acids is 1. The molecule has 5 aliphatic carbocycles. The second-order valence-electron chi connectivity index (χ2n) is 13.9. The molecule has 0 radical (unpaired) electrons. The molecular formula is C35H36F5NO5. The van der Waals surface area contributed by atoms with Crippen LogP contribution in [0.4, 0.5) is 22.0 Å². The van der Waals surface area contributed by atoms with Gasteiger partial charge in [0.25, 0.3) is 5.91 Å². The molecule has 2 fully saturated rings. The molecule has 0 bridgehead atoms. The number of carbonyl (C=O) groups is 3. The van der Waals surface area contributed by atoms with E-state index in [4.69, 9.17) is 0 Å². The van der Waals surface area contributed by atoms with Crippen molar-refractivity contribution in [3.63, 3.8) is 0 Å². The normalized spacial score (nSPS) is 35.7. The van der Waals surface area contributed by atoms with E-state index >= 15 is 8.78 Å². The fourth-order valence-corrected chi connectivity index (χ4v) is 9.09. The molecule has 0 heterocycles. The number of halogens is 5. The number of rotatable bonds is 5. The lowest BCUT2D eigenvalue weighted by atomic mass is 9.50. The predicted molar refractivity (Wildman–Crippen MR) is 158 cm³/mol. The fourth-order valence-electron chi connectivity index (χ4n) is 9.09. The van der Waals surface area contributed by atoms with Crippen molar-refractivity contribution < 1.29 is 46.5 Å². The summed E-state index contributed by atoms with van der Waals surface area (Å²) in [6.07, 6.45) is 2.83. The molecule has 1 aromatic carbocycles. The second-order valence-corrected chi connectivity index (χ2v) is 13.9. The number of benzene rings is 1. The lowest BCUT2D eigenvalue weighted by molar-refractivity contribution is -0.362. The fraction of sp³-hybridized carbons (Fsp3) is 0.514. The summed E-state index contributed by atoms with van der Waals surface area (Å²) in [6.45, 7) is 2.95. The quantitative estimate of drug-likeness (QED) is 0.305. The number of ketones is 1. The van der Waals surface area contributed by atoms with Gasteiger partial charge in [-0.3, -0.25) is 14.4 Å². The zero-order valence-corrected chi connectivity index (χ0v) is 25.5. The number of allylic oxidation sites excluding steroid dienone is 6. The Bertz CT molecular complexity index is 1610. The summed E-state index contributed by atoms with van der Waals surface area (Å²) in [6, 6.07) is 6.33. The molecule has 0 saturated heterocycles. The van der Waals surface area contributed by atoms with Crippen LogP contribution in [0.15, 0.2) is 71.4 Å². The molecular weight excluding hydrogens is 609 g/mol. The minimum Gasteiger partial charge on any atom is -0.481 e. The number of aliphatic hydroxyl groups is 1. The molecule has 2 saturated carbocycles. The van der Waals surface area contributed by atoms with E-state index in [1.54, 1.807) is 43.4 Å². The Labute approximate surface area is 263 Å². The van der Waals surface area contributed by atoms with Crippen molar-refractivity contribution in [3.05, 3.63) is 82.5 Å². The van der Waals surface area contributed by atoms with Crippen molar-refractivity contribution in [1.29, 1.82) is 0 Å². The Morgan fingerprint density at radius 2 is 1.67 bits per heavy atom. The first-order valence-electron chi connectivity index (χ1n) is 15.6. The van der Waals surface area contributed by atoms with Crippen LogP contribution in [0, 0.1) is 23.2 Å². The molecule has 5 aliphatic rings. The van der Waals surface area contributed by atoms with E-state index in [0.717, 1.165) is 16.7 Å². The van der Waals surface area contributed by atoms with Crippen LogP contribution < -0.4 is 5.32 Å². The van der Waals surface area contributed by atoms with Gasteiger partial charge in [-0.05, 0) is 92.2 Å². The summed E-state index contributed by atoms with van der Waals surface area (Å²) in [7, 11) is 0. The highest BCUT2D eigenvalue weighted by molar-refractivity contribution is 5.95. The van der Waals surface area contributed by atoms with E-state index in [9.17, 15) is 37.8 Å². The van der Waals surface area contributed by atoms with Gasteiger partial charge in [0.1, 0.15) is 11.5 Å². The van der Waals surface area contributed by atoms with Crippen molar-refractivity contribution in [2.75, 3.05) is 0 Å². The highest BCUT2D eigenvalue weighted by Crippen LogP contribution is 2.70. The Kier molecular flexibility index (Phi) is 7.54. The second kappa shape index (κ2) is 10.7. The maximum absolute atomic E-state index is 15.2. The first-order chi connectivity index (χ1) is 21.4. The topological polar surface area (TPSA) is 104 Å². The molecule has 1 aromatic rings. The van der Waals surface area contributed by atoms with Gasteiger partial charge in [0.05, 0.1) is 5.54 Å². The highest BCUT2D eigenvalue weighted by atomic mass is 19.4. The predicted octanol–water partition coefficient (Wildman–Crippen LogP) is 6.83. The minimum absolute atomic E-state index is 0.00689. The van der Waals surface area contributed by atoms with Gasteiger partial charge in [-0.25, -0.2) is 0 Å². The van der Waals surface area contributed by atoms with E-state index in [1.807, 2.05) is 0 Å². The number of carbonyl (C=O) groups excluding carboxylic acids is 2. The minimum atomic E-state index is -5.94. The zero-order chi connectivity index (χ0) is 33.4. The van der Waals surface area contributed by atoms with Gasteiger partial charge < -0.3 is 15.5 Å². The van der Waals surface area contributed by atoms with Gasteiger partial charge in [-0.15, -0.1) is 0 Å². The number of fused-ring (bicyclic) bond motifs is 4. The van der Waals surface area contributed by atoms with E-state index < -0.39 is 64.7 Å². The largest absolute Gasteiger partial charge is 0.481 e. The molecule has 1 amide bonds. The molecule has 46 heavy (non-hydrogen) atoms. The molecule has 2 unspecified atom stereocenters. The third-order valence-electron chi connectivity index (χ3n) is 11.5. The number of aliphatic carboxylic acids is 1. The van der Waals surface area contributed by atoms with Gasteiger partial charge in [0.15, 0.2) is 5.78 Å². The molecule has 0 aliphatic heterocycles. The molecule has 7 atom stereocenters. The zero-order valence-electron chi connectivity index (χ0n) is 25.5. The first kappa shape index (κ1) is 32.3. The summed E-state index contributed by atoms with van der Waals surface area (Å²) in [4.78, 5) is 37.4. The maximum Gasteiger partial charge on any atom is 0.456 e. The summed E-state index contributed by atoms with van der Waals surface area (Å²) in [5.74, 6) is -9.60. The molecule has 0 aromatic heterocycles. The Morgan fingerprint density at radius 1 is 0.978 bits per heavy atom. The summed E-state index contributed by atoms with van der Waals surface area (Å²) in [5.41, 5.74) is -2.74. The molecule has 11 heteroatoms. The van der Waals surface area contributed by atoms with Crippen LogP contribution in [-0.2, 0) is 9.59 Å². The lowest BCUT2D eigenvalue weighted by Gasteiger charge is -2.56. The SMILES string of the molecule is CC1(NC(=O)c2ccc([C@H]3C[C@@]4(C)[C@@H](CC[C@@]4(O)C(F)(F)C(F)(F)F)[C@@H]4CCC5=CC(=O)CCC5=C43)cc2)C=CC=CC1C(=O)O. The number of hydrogen-bond donors (Lipinski definition) is 3. The van der Waals surface area contributed by atoms with Gasteiger partial charge in [-0.1, -0.05) is 48.9 Å². The van der Waals surface area contributed by atoms with E-state index in [-0.39, 0.29) is 36.5 Å². The smallest absolute Gasteiger partial charge is 0.456 e. The Morgan fingerprint density at radius 3 is 2.33 bits per heavy atom. The van der Waals surface area contributed by atoms with Crippen molar-refractivity contribution in [1.82, 2.24) is 5.32 Å².